The maximum atomic E-state index is 11.7. The van der Waals surface area contributed by atoms with Gasteiger partial charge in [0.05, 0.1) is 10.4 Å². The maximum Gasteiger partial charge on any atom is 0.229 e. The molecule has 1 aliphatic rings. The van der Waals surface area contributed by atoms with E-state index in [1.54, 1.807) is 11.1 Å². The fraction of sp³-hybridized carbons (Fsp3) is 0.444. The predicted octanol–water partition coefficient (Wildman–Crippen LogP) is 2.00. The molecule has 1 amide bonds. The number of hydrogen-bond acceptors (Lipinski definition) is 6. The Hall–Kier alpha value is -0.710. The highest BCUT2D eigenvalue weighted by Gasteiger charge is 2.31. The van der Waals surface area contributed by atoms with Crippen molar-refractivity contribution in [2.24, 2.45) is 5.92 Å². The van der Waals surface area contributed by atoms with E-state index >= 15 is 0 Å². The molecular formula is C9H9N3OS3. The fourth-order valence-electron chi connectivity index (χ4n) is 1.56. The fourth-order valence-corrected chi connectivity index (χ4v) is 3.18. The van der Waals surface area contributed by atoms with Gasteiger partial charge in [-0.2, -0.15) is 17.9 Å². The minimum Gasteiger partial charge on any atom is -0.288 e. The van der Waals surface area contributed by atoms with Gasteiger partial charge >= 0.3 is 0 Å². The van der Waals surface area contributed by atoms with Crippen LogP contribution in [0.1, 0.15) is 6.42 Å². The average Bonchev–Trinajstić information content (AvgIpc) is 2.85. The second-order valence-electron chi connectivity index (χ2n) is 3.41. The van der Waals surface area contributed by atoms with Crippen LogP contribution in [-0.2, 0) is 4.79 Å². The maximum absolute atomic E-state index is 11.7. The third-order valence-corrected chi connectivity index (χ3v) is 4.54. The van der Waals surface area contributed by atoms with Crippen molar-refractivity contribution < 1.29 is 4.79 Å². The lowest BCUT2D eigenvalue weighted by atomic mass is 10.1. The first kappa shape index (κ1) is 11.8. The molecule has 1 fully saturated rings. The first-order valence-corrected chi connectivity index (χ1v) is 6.94. The van der Waals surface area contributed by atoms with Crippen molar-refractivity contribution >= 4 is 46.8 Å². The number of anilines is 1. The lowest BCUT2D eigenvalue weighted by Gasteiger charge is -2.11. The monoisotopic (exact) mass is 271 g/mol. The van der Waals surface area contributed by atoms with Gasteiger partial charge in [-0.3, -0.25) is 9.69 Å². The summed E-state index contributed by atoms with van der Waals surface area (Å²) in [5, 5.41) is 11.2. The molecule has 2 heterocycles. The van der Waals surface area contributed by atoms with Crippen LogP contribution in [-0.4, -0.2) is 23.2 Å². The predicted molar refractivity (Wildman–Crippen MR) is 67.9 cm³/mol. The third-order valence-electron chi connectivity index (χ3n) is 2.31. The summed E-state index contributed by atoms with van der Waals surface area (Å²) in [6.45, 7) is 0.687. The van der Waals surface area contributed by atoms with Gasteiger partial charge in [0, 0.05) is 24.7 Å². The van der Waals surface area contributed by atoms with E-state index in [9.17, 15) is 4.79 Å². The summed E-state index contributed by atoms with van der Waals surface area (Å²) in [6, 6.07) is 0. The summed E-state index contributed by atoms with van der Waals surface area (Å²) >= 11 is 6.66. The number of amides is 1. The van der Waals surface area contributed by atoms with Crippen LogP contribution in [0.4, 0.5) is 5.13 Å². The first-order chi connectivity index (χ1) is 7.74. The summed E-state index contributed by atoms with van der Waals surface area (Å²) in [6.07, 6.45) is 2.18. The van der Waals surface area contributed by atoms with Gasteiger partial charge in [0.1, 0.15) is 5.40 Å². The van der Waals surface area contributed by atoms with Crippen LogP contribution in [0.15, 0.2) is 10.4 Å². The van der Waals surface area contributed by atoms with Crippen LogP contribution in [0.25, 0.3) is 0 Å². The van der Waals surface area contributed by atoms with Gasteiger partial charge in [-0.05, 0) is 11.7 Å². The molecule has 1 saturated heterocycles. The molecule has 0 saturated carbocycles. The van der Waals surface area contributed by atoms with E-state index in [1.165, 1.54) is 11.3 Å². The van der Waals surface area contributed by atoms with E-state index in [0.29, 0.717) is 29.8 Å². The Kier molecular flexibility index (Phi) is 3.74. The van der Waals surface area contributed by atoms with E-state index in [2.05, 4.69) is 17.6 Å². The van der Waals surface area contributed by atoms with Gasteiger partial charge in [-0.25, -0.2) is 4.98 Å². The number of thioether (sulfide) groups is 1. The van der Waals surface area contributed by atoms with E-state index < -0.39 is 0 Å². The molecule has 0 radical (unpaired) electrons. The first-order valence-electron chi connectivity index (χ1n) is 4.67. The Balaban J connectivity index is 2.12. The molecule has 0 bridgehead atoms. The number of nitriles is 1. The largest absolute Gasteiger partial charge is 0.288 e. The van der Waals surface area contributed by atoms with Crippen LogP contribution < -0.4 is 4.90 Å². The normalized spacial score (nSPS) is 20.1. The molecule has 1 aromatic rings. The molecule has 4 nitrogen and oxygen atoms in total. The summed E-state index contributed by atoms with van der Waals surface area (Å²) in [7, 11) is 0. The molecule has 0 aliphatic carbocycles. The smallest absolute Gasteiger partial charge is 0.229 e. The van der Waals surface area contributed by atoms with Gasteiger partial charge in [-0.1, -0.05) is 11.3 Å². The van der Waals surface area contributed by atoms with Crippen molar-refractivity contribution in [1.82, 2.24) is 4.98 Å². The Morgan fingerprint density at radius 2 is 2.62 bits per heavy atom. The number of rotatable bonds is 3. The number of carbonyl (C=O) groups is 1. The highest BCUT2D eigenvalue weighted by molar-refractivity contribution is 8.05. The van der Waals surface area contributed by atoms with Crippen molar-refractivity contribution in [3.63, 3.8) is 0 Å². The van der Waals surface area contributed by atoms with Gasteiger partial charge in [0.15, 0.2) is 5.13 Å². The third kappa shape index (κ3) is 2.34. The van der Waals surface area contributed by atoms with Crippen LogP contribution >= 0.6 is 35.7 Å². The molecule has 1 aliphatic heterocycles. The molecule has 84 valence electrons. The number of nitrogens with zero attached hydrogens (tertiary/aromatic N) is 3. The second kappa shape index (κ2) is 5.08. The summed E-state index contributed by atoms with van der Waals surface area (Å²) in [5.74, 6) is 1.13. The van der Waals surface area contributed by atoms with E-state index in [4.69, 9.17) is 5.26 Å². The molecule has 1 aromatic heterocycles. The zero-order chi connectivity index (χ0) is 11.5. The quantitative estimate of drug-likeness (QED) is 0.519. The molecule has 0 N–H and O–H groups in total. The zero-order valence-electron chi connectivity index (χ0n) is 8.29. The van der Waals surface area contributed by atoms with Gasteiger partial charge in [0.25, 0.3) is 0 Å². The number of thiol groups is 1. The van der Waals surface area contributed by atoms with E-state index in [0.717, 1.165) is 16.0 Å². The minimum atomic E-state index is 0.0990. The summed E-state index contributed by atoms with van der Waals surface area (Å²) in [4.78, 5) is 17.5. The Morgan fingerprint density at radius 3 is 3.25 bits per heavy atom. The number of aromatic nitrogens is 1. The number of hydrogen-bond donors (Lipinski definition) is 1. The standard InChI is InChI=1S/C9H9N3OS3/c10-5-15-8-2-11-9(16-8)12-3-6(4-14)1-7(12)13/h2,6,14H,1,3-4H2. The van der Waals surface area contributed by atoms with Crippen molar-refractivity contribution in [3.05, 3.63) is 6.20 Å². The van der Waals surface area contributed by atoms with Crippen LogP contribution in [0.2, 0.25) is 0 Å². The molecule has 2 rings (SSSR count). The molecule has 0 aromatic carbocycles. The average molecular weight is 271 g/mol. The van der Waals surface area contributed by atoms with Gasteiger partial charge in [-0.15, -0.1) is 0 Å². The number of carbonyl (C=O) groups excluding carboxylic acids is 1. The topological polar surface area (TPSA) is 57.0 Å². The Bertz CT molecular complexity index is 439. The van der Waals surface area contributed by atoms with Crippen LogP contribution in [0.5, 0.6) is 0 Å². The van der Waals surface area contributed by atoms with Crippen LogP contribution in [0, 0.1) is 16.6 Å². The van der Waals surface area contributed by atoms with Crippen molar-refractivity contribution in [2.45, 2.75) is 10.6 Å². The molecule has 0 spiro atoms. The zero-order valence-corrected chi connectivity index (χ0v) is 10.8. The van der Waals surface area contributed by atoms with Gasteiger partial charge in [0.2, 0.25) is 5.91 Å². The van der Waals surface area contributed by atoms with Gasteiger partial charge < -0.3 is 0 Å². The summed E-state index contributed by atoms with van der Waals surface area (Å²) < 4.78 is 0.819. The minimum absolute atomic E-state index is 0.0990. The lowest BCUT2D eigenvalue weighted by molar-refractivity contribution is -0.117. The highest BCUT2D eigenvalue weighted by atomic mass is 32.2. The Morgan fingerprint density at radius 1 is 1.81 bits per heavy atom. The second-order valence-corrected chi connectivity index (χ2v) is 5.87. The SMILES string of the molecule is N#CSc1cnc(N2CC(CS)CC2=O)s1. The molecule has 1 unspecified atom stereocenters. The van der Waals surface area contributed by atoms with Crippen LogP contribution in [0.3, 0.4) is 0 Å². The lowest BCUT2D eigenvalue weighted by Crippen LogP contribution is -2.24. The van der Waals surface area contributed by atoms with Crippen molar-refractivity contribution in [2.75, 3.05) is 17.2 Å². The molecular weight excluding hydrogens is 262 g/mol. The Labute approximate surface area is 107 Å². The molecule has 7 heteroatoms. The van der Waals surface area contributed by atoms with Crippen molar-refractivity contribution in [1.29, 1.82) is 5.26 Å². The highest BCUT2D eigenvalue weighted by Crippen LogP contribution is 2.33. The molecule has 16 heavy (non-hydrogen) atoms. The van der Waals surface area contributed by atoms with E-state index in [-0.39, 0.29) is 5.91 Å². The number of thiocyanates is 1. The summed E-state index contributed by atoms with van der Waals surface area (Å²) in [5.41, 5.74) is 0. The number of thiazole rings is 1. The van der Waals surface area contributed by atoms with E-state index in [1.807, 2.05) is 5.40 Å². The van der Waals surface area contributed by atoms with Crippen molar-refractivity contribution in [3.8, 4) is 5.40 Å². The molecule has 1 atom stereocenters.